The highest BCUT2D eigenvalue weighted by Gasteiger charge is 2.24. The van der Waals surface area contributed by atoms with E-state index in [1.54, 1.807) is 6.07 Å². The van der Waals surface area contributed by atoms with E-state index in [4.69, 9.17) is 19.3 Å². The Morgan fingerprint density at radius 2 is 2.15 bits per heavy atom. The molecule has 2 N–H and O–H groups in total. The van der Waals surface area contributed by atoms with E-state index < -0.39 is 12.1 Å². The first-order valence-corrected chi connectivity index (χ1v) is 6.69. The third-order valence-corrected chi connectivity index (χ3v) is 3.37. The molecule has 0 bridgehead atoms. The first-order valence-electron chi connectivity index (χ1n) is 6.69. The monoisotopic (exact) mass is 279 g/mol. The van der Waals surface area contributed by atoms with Gasteiger partial charge in [0.2, 0.25) is 6.79 Å². The van der Waals surface area contributed by atoms with Crippen LogP contribution in [0.5, 0.6) is 17.2 Å². The van der Waals surface area contributed by atoms with Crippen molar-refractivity contribution in [3.63, 3.8) is 0 Å². The van der Waals surface area contributed by atoms with E-state index in [9.17, 15) is 4.79 Å². The van der Waals surface area contributed by atoms with Crippen LogP contribution < -0.4 is 19.5 Å². The van der Waals surface area contributed by atoms with Crippen molar-refractivity contribution in [2.45, 2.75) is 38.5 Å². The highest BCUT2D eigenvalue weighted by Crippen LogP contribution is 2.38. The topological polar surface area (TPSA) is 77.0 Å². The Kier molecular flexibility index (Phi) is 3.40. The van der Waals surface area contributed by atoms with Crippen molar-refractivity contribution in [1.29, 1.82) is 0 Å². The first-order chi connectivity index (χ1) is 9.63. The van der Waals surface area contributed by atoms with Gasteiger partial charge < -0.3 is 24.6 Å². The molecule has 0 aromatic heterocycles. The number of ether oxygens (including phenoxy) is 3. The minimum absolute atomic E-state index is 0.183. The third kappa shape index (κ3) is 2.80. The van der Waals surface area contributed by atoms with E-state index in [0.717, 1.165) is 5.56 Å². The number of aliphatic carboxylic acids is 1. The molecule has 1 aliphatic carbocycles. The summed E-state index contributed by atoms with van der Waals surface area (Å²) in [5.41, 5.74) is 0.884. The average Bonchev–Trinajstić information content (AvgIpc) is 3.13. The Hall–Kier alpha value is -1.95. The van der Waals surface area contributed by atoms with Crippen LogP contribution in [0.2, 0.25) is 0 Å². The van der Waals surface area contributed by atoms with Gasteiger partial charge in [-0.15, -0.1) is 0 Å². The zero-order chi connectivity index (χ0) is 14.1. The van der Waals surface area contributed by atoms with Crippen LogP contribution in [0.1, 0.15) is 25.3 Å². The van der Waals surface area contributed by atoms with E-state index in [-0.39, 0.29) is 6.79 Å². The Morgan fingerprint density at radius 1 is 1.45 bits per heavy atom. The molecule has 1 aliphatic heterocycles. The van der Waals surface area contributed by atoms with Crippen LogP contribution in [0.4, 0.5) is 0 Å². The van der Waals surface area contributed by atoms with Crippen LogP contribution in [0, 0.1) is 0 Å². The molecule has 1 aromatic carbocycles. The molecule has 6 heteroatoms. The smallest absolute Gasteiger partial charge is 0.344 e. The molecule has 3 rings (SSSR count). The molecule has 1 unspecified atom stereocenters. The van der Waals surface area contributed by atoms with Gasteiger partial charge in [0.05, 0.1) is 0 Å². The number of rotatable bonds is 6. The van der Waals surface area contributed by atoms with Gasteiger partial charge in [0.1, 0.15) is 5.75 Å². The molecular weight excluding hydrogens is 262 g/mol. The Morgan fingerprint density at radius 3 is 2.80 bits per heavy atom. The minimum Gasteiger partial charge on any atom is -0.479 e. The number of nitrogens with one attached hydrogen (secondary N) is 1. The van der Waals surface area contributed by atoms with Gasteiger partial charge in [-0.25, -0.2) is 4.79 Å². The molecule has 0 saturated heterocycles. The molecule has 20 heavy (non-hydrogen) atoms. The molecular formula is C14H17NO5. The number of benzene rings is 1. The number of carbonyl (C=O) groups is 1. The van der Waals surface area contributed by atoms with E-state index in [1.807, 2.05) is 6.07 Å². The highest BCUT2D eigenvalue weighted by molar-refractivity contribution is 5.72. The van der Waals surface area contributed by atoms with E-state index in [2.05, 4.69) is 5.32 Å². The fraction of sp³-hybridized carbons (Fsp3) is 0.500. The van der Waals surface area contributed by atoms with Crippen LogP contribution in [0.15, 0.2) is 12.1 Å². The van der Waals surface area contributed by atoms with Crippen LogP contribution in [-0.4, -0.2) is 30.0 Å². The van der Waals surface area contributed by atoms with Crippen molar-refractivity contribution < 1.29 is 24.1 Å². The molecule has 0 radical (unpaired) electrons. The largest absolute Gasteiger partial charge is 0.479 e. The maximum absolute atomic E-state index is 10.9. The third-order valence-electron chi connectivity index (χ3n) is 3.37. The lowest BCUT2D eigenvalue weighted by molar-refractivity contribution is -0.144. The molecule has 1 fully saturated rings. The van der Waals surface area contributed by atoms with Gasteiger partial charge in [-0.1, -0.05) is 0 Å². The van der Waals surface area contributed by atoms with Gasteiger partial charge in [0.25, 0.3) is 0 Å². The quantitative estimate of drug-likeness (QED) is 0.822. The molecule has 2 aliphatic rings. The predicted molar refractivity (Wildman–Crippen MR) is 70.2 cm³/mol. The lowest BCUT2D eigenvalue weighted by Crippen LogP contribution is -2.24. The average molecular weight is 279 g/mol. The molecule has 6 nitrogen and oxygen atoms in total. The summed E-state index contributed by atoms with van der Waals surface area (Å²) in [6.45, 7) is 2.32. The molecule has 1 aromatic rings. The SMILES string of the molecule is CC(Oc1cc2c(cc1CNC1CC1)OCO2)C(=O)O. The summed E-state index contributed by atoms with van der Waals surface area (Å²) >= 11 is 0. The van der Waals surface area contributed by atoms with E-state index in [1.165, 1.54) is 19.8 Å². The minimum atomic E-state index is -0.997. The Labute approximate surface area is 116 Å². The van der Waals surface area contributed by atoms with Crippen LogP contribution >= 0.6 is 0 Å². The Bertz CT molecular complexity index is 527. The molecule has 108 valence electrons. The molecule has 0 spiro atoms. The predicted octanol–water partition coefficient (Wildman–Crippen LogP) is 1.52. The summed E-state index contributed by atoms with van der Waals surface area (Å²) < 4.78 is 16.2. The second-order valence-electron chi connectivity index (χ2n) is 5.07. The van der Waals surface area contributed by atoms with Crippen molar-refractivity contribution in [2.75, 3.05) is 6.79 Å². The molecule has 1 atom stereocenters. The van der Waals surface area contributed by atoms with E-state index in [0.29, 0.717) is 29.8 Å². The van der Waals surface area contributed by atoms with Crippen LogP contribution in [-0.2, 0) is 11.3 Å². The van der Waals surface area contributed by atoms with Gasteiger partial charge in [-0.05, 0) is 25.8 Å². The van der Waals surface area contributed by atoms with Crippen molar-refractivity contribution in [3.05, 3.63) is 17.7 Å². The van der Waals surface area contributed by atoms with Crippen LogP contribution in [0.3, 0.4) is 0 Å². The van der Waals surface area contributed by atoms with Crippen LogP contribution in [0.25, 0.3) is 0 Å². The van der Waals surface area contributed by atoms with Crippen molar-refractivity contribution in [3.8, 4) is 17.2 Å². The number of carboxylic acid groups (broad SMARTS) is 1. The van der Waals surface area contributed by atoms with Gasteiger partial charge >= 0.3 is 5.97 Å². The summed E-state index contributed by atoms with van der Waals surface area (Å²) in [4.78, 5) is 10.9. The lowest BCUT2D eigenvalue weighted by Gasteiger charge is -2.15. The number of fused-ring (bicyclic) bond motifs is 1. The van der Waals surface area contributed by atoms with E-state index >= 15 is 0 Å². The zero-order valence-corrected chi connectivity index (χ0v) is 11.2. The molecule has 1 heterocycles. The zero-order valence-electron chi connectivity index (χ0n) is 11.2. The number of hydrogen-bond donors (Lipinski definition) is 2. The summed E-state index contributed by atoms with van der Waals surface area (Å²) in [5.74, 6) is 0.793. The van der Waals surface area contributed by atoms with Gasteiger partial charge in [-0.3, -0.25) is 0 Å². The number of carboxylic acids is 1. The highest BCUT2D eigenvalue weighted by atomic mass is 16.7. The molecule has 1 saturated carbocycles. The maximum atomic E-state index is 10.9. The normalized spacial score (nSPS) is 17.9. The van der Waals surface area contributed by atoms with Gasteiger partial charge in [0.15, 0.2) is 17.6 Å². The summed E-state index contributed by atoms with van der Waals surface area (Å²) in [6.07, 6.45) is 1.47. The van der Waals surface area contributed by atoms with Gasteiger partial charge in [0, 0.05) is 24.2 Å². The van der Waals surface area contributed by atoms with Gasteiger partial charge in [-0.2, -0.15) is 0 Å². The summed E-state index contributed by atoms with van der Waals surface area (Å²) in [5, 5.41) is 12.3. The fourth-order valence-corrected chi connectivity index (χ4v) is 2.00. The van der Waals surface area contributed by atoms with Crippen molar-refractivity contribution >= 4 is 5.97 Å². The van der Waals surface area contributed by atoms with Crippen molar-refractivity contribution in [1.82, 2.24) is 5.32 Å². The second kappa shape index (κ2) is 5.20. The lowest BCUT2D eigenvalue weighted by atomic mass is 10.1. The summed E-state index contributed by atoms with van der Waals surface area (Å²) in [7, 11) is 0. The number of hydrogen-bond acceptors (Lipinski definition) is 5. The maximum Gasteiger partial charge on any atom is 0.344 e. The standard InChI is InChI=1S/C14H17NO5/c1-8(14(16)17)20-11-5-13-12(18-7-19-13)4-9(11)6-15-10-2-3-10/h4-5,8,10,15H,2-3,6-7H2,1H3,(H,16,17). The Balaban J connectivity index is 1.81. The second-order valence-corrected chi connectivity index (χ2v) is 5.07. The fourth-order valence-electron chi connectivity index (χ4n) is 2.00. The first kappa shape index (κ1) is 13.1. The summed E-state index contributed by atoms with van der Waals surface area (Å²) in [6, 6.07) is 4.11. The van der Waals surface area contributed by atoms with Crippen molar-refractivity contribution in [2.24, 2.45) is 0 Å². The molecule has 0 amide bonds.